The predicted octanol–water partition coefficient (Wildman–Crippen LogP) is 4.62. The highest BCUT2D eigenvalue weighted by molar-refractivity contribution is 5.93. The molecule has 4 rings (SSSR count). The number of nitrogens with one attached hydrogen (secondary N) is 2. The van der Waals surface area contributed by atoms with Crippen LogP contribution >= 0.6 is 0 Å². The van der Waals surface area contributed by atoms with Crippen LogP contribution in [0.5, 0.6) is 5.75 Å². The lowest BCUT2D eigenvalue weighted by Crippen LogP contribution is -2.32. The van der Waals surface area contributed by atoms with Crippen molar-refractivity contribution in [3.63, 3.8) is 0 Å². The third kappa shape index (κ3) is 6.51. The number of carbonyl (C=O) groups excluding carboxylic acids is 2. The summed E-state index contributed by atoms with van der Waals surface area (Å²) >= 11 is 0. The van der Waals surface area contributed by atoms with Gasteiger partial charge in [0.2, 0.25) is 0 Å². The molecule has 1 atom stereocenters. The summed E-state index contributed by atoms with van der Waals surface area (Å²) in [5.41, 5.74) is 4.20. The van der Waals surface area contributed by atoms with E-state index < -0.39 is 17.8 Å². The second-order valence-electron chi connectivity index (χ2n) is 9.29. The lowest BCUT2D eigenvalue weighted by molar-refractivity contribution is -0.143. The van der Waals surface area contributed by atoms with Crippen LogP contribution in [0.3, 0.4) is 0 Å². The number of aryl methyl sites for hydroxylation is 4. The first kappa shape index (κ1) is 27.2. The van der Waals surface area contributed by atoms with Crippen LogP contribution in [0.1, 0.15) is 65.6 Å². The molecule has 3 heterocycles. The summed E-state index contributed by atoms with van der Waals surface area (Å²) in [4.78, 5) is 30.4. The zero-order valence-electron chi connectivity index (χ0n) is 22.2. The number of rotatable bonds is 11. The summed E-state index contributed by atoms with van der Waals surface area (Å²) in [6.45, 7) is 5.44. The molecular formula is C29H35FN4O4. The normalized spacial score (nSPS) is 13.3. The molecule has 0 saturated heterocycles. The van der Waals surface area contributed by atoms with Gasteiger partial charge in [-0.15, -0.1) is 0 Å². The highest BCUT2D eigenvalue weighted by Gasteiger charge is 2.23. The molecule has 1 aliphatic rings. The first-order chi connectivity index (χ1) is 18.4. The molecule has 0 fully saturated rings. The summed E-state index contributed by atoms with van der Waals surface area (Å²) in [6.07, 6.45) is 5.50. The Morgan fingerprint density at radius 3 is 2.76 bits per heavy atom. The monoisotopic (exact) mass is 522 g/mol. The number of aromatic nitrogens is 2. The number of halogens is 1. The molecule has 0 radical (unpaired) electrons. The van der Waals surface area contributed by atoms with Crippen LogP contribution in [0.25, 0.3) is 0 Å². The van der Waals surface area contributed by atoms with Crippen molar-refractivity contribution < 1.29 is 23.5 Å². The Kier molecular flexibility index (Phi) is 8.99. The smallest absolute Gasteiger partial charge is 0.308 e. The van der Waals surface area contributed by atoms with Crippen LogP contribution in [-0.4, -0.2) is 41.7 Å². The highest BCUT2D eigenvalue weighted by atomic mass is 19.1. The van der Waals surface area contributed by atoms with Gasteiger partial charge < -0.3 is 24.7 Å². The van der Waals surface area contributed by atoms with E-state index in [2.05, 4.69) is 22.8 Å². The van der Waals surface area contributed by atoms with Gasteiger partial charge in [-0.25, -0.2) is 9.37 Å². The largest absolute Gasteiger partial charge is 0.494 e. The van der Waals surface area contributed by atoms with Crippen molar-refractivity contribution in [3.05, 3.63) is 76.5 Å². The predicted molar refractivity (Wildman–Crippen MR) is 143 cm³/mol. The maximum absolute atomic E-state index is 14.4. The van der Waals surface area contributed by atoms with Gasteiger partial charge in [0.05, 0.1) is 26.2 Å². The van der Waals surface area contributed by atoms with Gasteiger partial charge in [-0.1, -0.05) is 12.1 Å². The van der Waals surface area contributed by atoms with Crippen LogP contribution in [0.4, 0.5) is 10.2 Å². The van der Waals surface area contributed by atoms with Gasteiger partial charge in [0.25, 0.3) is 5.91 Å². The van der Waals surface area contributed by atoms with Gasteiger partial charge in [-0.3, -0.25) is 9.59 Å². The minimum absolute atomic E-state index is 0.0867. The number of benzene rings is 1. The summed E-state index contributed by atoms with van der Waals surface area (Å²) in [7, 11) is 1.38. The van der Waals surface area contributed by atoms with Gasteiger partial charge in [0.15, 0.2) is 11.6 Å². The van der Waals surface area contributed by atoms with E-state index in [1.54, 1.807) is 13.0 Å². The molecule has 0 bridgehead atoms. The molecule has 9 heteroatoms. The number of methoxy groups -OCH3 is 1. The maximum Gasteiger partial charge on any atom is 0.308 e. The Balaban J connectivity index is 1.49. The average molecular weight is 523 g/mol. The van der Waals surface area contributed by atoms with Crippen molar-refractivity contribution in [2.24, 2.45) is 0 Å². The molecule has 1 aliphatic heterocycles. The van der Waals surface area contributed by atoms with Crippen molar-refractivity contribution in [1.29, 1.82) is 0 Å². The number of ether oxygens (including phenoxy) is 2. The second kappa shape index (κ2) is 12.6. The van der Waals surface area contributed by atoms with Crippen molar-refractivity contribution in [2.45, 2.75) is 58.5 Å². The van der Waals surface area contributed by atoms with Crippen molar-refractivity contribution >= 4 is 17.7 Å². The molecule has 8 nitrogen and oxygen atoms in total. The number of amides is 1. The van der Waals surface area contributed by atoms with E-state index in [1.165, 1.54) is 24.8 Å². The summed E-state index contributed by atoms with van der Waals surface area (Å²) in [5.74, 6) is -0.336. The summed E-state index contributed by atoms with van der Waals surface area (Å²) in [6, 6.07) is 9.70. The fourth-order valence-corrected chi connectivity index (χ4v) is 4.71. The minimum Gasteiger partial charge on any atom is -0.494 e. The van der Waals surface area contributed by atoms with Crippen molar-refractivity contribution in [1.82, 2.24) is 14.9 Å². The number of pyridine rings is 1. The van der Waals surface area contributed by atoms with Crippen LogP contribution in [0.2, 0.25) is 0 Å². The fourth-order valence-electron chi connectivity index (χ4n) is 4.71. The number of anilines is 1. The first-order valence-corrected chi connectivity index (χ1v) is 13.1. The third-order valence-electron chi connectivity index (χ3n) is 6.71. The lowest BCUT2D eigenvalue weighted by Gasteiger charge is -2.19. The Labute approximate surface area is 222 Å². The van der Waals surface area contributed by atoms with E-state index in [-0.39, 0.29) is 24.7 Å². The van der Waals surface area contributed by atoms with Gasteiger partial charge in [-0.2, -0.15) is 0 Å². The average Bonchev–Trinajstić information content (AvgIpc) is 3.35. The number of carbonyl (C=O) groups is 2. The summed E-state index contributed by atoms with van der Waals surface area (Å²) in [5, 5.41) is 6.28. The van der Waals surface area contributed by atoms with Crippen LogP contribution in [-0.2, 0) is 35.3 Å². The quantitative estimate of drug-likeness (QED) is 0.357. The SMILES string of the molecule is CCOC(=O)C[C@H](NC(=O)c1cc(CCc2ccc3c(n2)NCCC3)cn1CC)c1ccc(OC)c(F)c1. The van der Waals surface area contributed by atoms with Gasteiger partial charge in [-0.05, 0) is 80.5 Å². The Morgan fingerprint density at radius 2 is 2.03 bits per heavy atom. The standard InChI is InChI=1S/C29H35FN4O4/c1-4-34-18-19(8-11-22-12-9-20-7-6-14-31-28(20)32-22)15-25(34)29(36)33-24(17-27(35)38-5-2)21-10-13-26(37-3)23(30)16-21/h9-10,12-13,15-16,18,24H,4-8,11,14,17H2,1-3H3,(H,31,32)(H,33,36)/t24-/m0/s1. The molecule has 0 saturated carbocycles. The van der Waals surface area contributed by atoms with Crippen molar-refractivity contribution in [3.8, 4) is 5.75 Å². The molecular weight excluding hydrogens is 487 g/mol. The number of esters is 1. The number of fused-ring (bicyclic) bond motifs is 1. The zero-order chi connectivity index (χ0) is 27.1. The second-order valence-corrected chi connectivity index (χ2v) is 9.29. The van der Waals surface area contributed by atoms with Gasteiger partial charge >= 0.3 is 5.97 Å². The minimum atomic E-state index is -0.766. The van der Waals surface area contributed by atoms with E-state index >= 15 is 0 Å². The first-order valence-electron chi connectivity index (χ1n) is 13.1. The van der Waals surface area contributed by atoms with Gasteiger partial charge in [0, 0.05) is 25.0 Å². The molecule has 1 aromatic carbocycles. The third-order valence-corrected chi connectivity index (χ3v) is 6.71. The molecule has 2 N–H and O–H groups in total. The van der Waals surface area contributed by atoms with E-state index in [1.807, 2.05) is 23.8 Å². The van der Waals surface area contributed by atoms with Crippen LogP contribution in [0.15, 0.2) is 42.6 Å². The number of nitrogens with zero attached hydrogens (tertiary/aromatic N) is 2. The molecule has 2 aromatic heterocycles. The Morgan fingerprint density at radius 1 is 1.18 bits per heavy atom. The molecule has 0 spiro atoms. The summed E-state index contributed by atoms with van der Waals surface area (Å²) < 4.78 is 26.4. The molecule has 202 valence electrons. The molecule has 1 amide bonds. The molecule has 3 aromatic rings. The van der Waals surface area contributed by atoms with Crippen molar-refractivity contribution in [2.75, 3.05) is 25.6 Å². The van der Waals surface area contributed by atoms with E-state index in [9.17, 15) is 14.0 Å². The topological polar surface area (TPSA) is 94.5 Å². The molecule has 0 aliphatic carbocycles. The van der Waals surface area contributed by atoms with Crippen LogP contribution in [0, 0.1) is 5.82 Å². The van der Waals surface area contributed by atoms with E-state index in [0.29, 0.717) is 17.8 Å². The highest BCUT2D eigenvalue weighted by Crippen LogP contribution is 2.25. The van der Waals surface area contributed by atoms with Crippen LogP contribution < -0.4 is 15.4 Å². The zero-order valence-corrected chi connectivity index (χ0v) is 22.2. The molecule has 0 unspecified atom stereocenters. The fraction of sp³-hybridized carbons (Fsp3) is 0.414. The lowest BCUT2D eigenvalue weighted by atomic mass is 10.0. The molecule has 38 heavy (non-hydrogen) atoms. The maximum atomic E-state index is 14.4. The Bertz CT molecular complexity index is 1290. The van der Waals surface area contributed by atoms with E-state index in [4.69, 9.17) is 14.5 Å². The van der Waals surface area contributed by atoms with E-state index in [0.717, 1.165) is 49.3 Å². The van der Waals surface area contributed by atoms with Gasteiger partial charge in [0.1, 0.15) is 11.5 Å². The number of hydrogen-bond donors (Lipinski definition) is 2. The Hall–Kier alpha value is -3.88. The number of hydrogen-bond acceptors (Lipinski definition) is 6.